The van der Waals surface area contributed by atoms with Crippen molar-refractivity contribution in [3.63, 3.8) is 0 Å². The lowest BCUT2D eigenvalue weighted by molar-refractivity contribution is -0.117. The molecule has 9 heteroatoms. The Bertz CT molecular complexity index is 932. The van der Waals surface area contributed by atoms with Gasteiger partial charge in [-0.15, -0.1) is 0 Å². The Kier molecular flexibility index (Phi) is 6.52. The second-order valence-electron chi connectivity index (χ2n) is 5.59. The van der Waals surface area contributed by atoms with E-state index < -0.39 is 22.0 Å². The van der Waals surface area contributed by atoms with E-state index in [-0.39, 0.29) is 9.92 Å². The zero-order valence-corrected chi connectivity index (χ0v) is 16.7. The minimum Gasteiger partial charge on any atom is -0.496 e. The third-order valence-electron chi connectivity index (χ3n) is 3.59. The summed E-state index contributed by atoms with van der Waals surface area (Å²) in [7, 11) is -2.38. The van der Waals surface area contributed by atoms with E-state index in [9.17, 15) is 13.2 Å². The van der Waals surface area contributed by atoms with E-state index in [0.717, 1.165) is 0 Å². The molecule has 2 N–H and O–H groups in total. The van der Waals surface area contributed by atoms with Gasteiger partial charge in [-0.25, -0.2) is 8.42 Å². The van der Waals surface area contributed by atoms with Crippen LogP contribution < -0.4 is 14.8 Å². The molecule has 2 rings (SSSR count). The molecular formula is C17H18Cl2N2O4S. The third-order valence-corrected chi connectivity index (χ3v) is 5.68. The molecule has 0 unspecified atom stereocenters. The molecule has 0 aliphatic rings. The van der Waals surface area contributed by atoms with Crippen molar-refractivity contribution in [2.75, 3.05) is 12.4 Å². The first kappa shape index (κ1) is 20.5. The third kappa shape index (κ3) is 4.88. The Morgan fingerprint density at radius 1 is 1.15 bits per heavy atom. The summed E-state index contributed by atoms with van der Waals surface area (Å²) < 4.78 is 32.4. The van der Waals surface area contributed by atoms with Gasteiger partial charge in [-0.1, -0.05) is 23.2 Å². The van der Waals surface area contributed by atoms with E-state index in [0.29, 0.717) is 22.0 Å². The summed E-state index contributed by atoms with van der Waals surface area (Å²) in [6.45, 7) is 3.17. The molecule has 0 spiro atoms. The smallest absolute Gasteiger partial charge is 0.242 e. The van der Waals surface area contributed by atoms with E-state index in [1.165, 1.54) is 38.3 Å². The maximum absolute atomic E-state index is 12.5. The minimum absolute atomic E-state index is 0.0416. The van der Waals surface area contributed by atoms with Crippen LogP contribution in [0.3, 0.4) is 0 Å². The Morgan fingerprint density at radius 2 is 1.85 bits per heavy atom. The van der Waals surface area contributed by atoms with E-state index in [4.69, 9.17) is 27.9 Å². The van der Waals surface area contributed by atoms with Crippen LogP contribution in [0.1, 0.15) is 12.5 Å². The Balaban J connectivity index is 2.13. The van der Waals surface area contributed by atoms with Crippen molar-refractivity contribution in [3.05, 3.63) is 52.0 Å². The molecule has 0 heterocycles. The van der Waals surface area contributed by atoms with Gasteiger partial charge in [-0.05, 0) is 55.8 Å². The van der Waals surface area contributed by atoms with Gasteiger partial charge < -0.3 is 10.1 Å². The van der Waals surface area contributed by atoms with Crippen LogP contribution in [0.2, 0.25) is 10.0 Å². The van der Waals surface area contributed by atoms with Crippen LogP contribution in [-0.2, 0) is 14.8 Å². The Labute approximate surface area is 162 Å². The number of sulfonamides is 1. The van der Waals surface area contributed by atoms with Gasteiger partial charge in [0.05, 0.1) is 28.8 Å². The van der Waals surface area contributed by atoms with Crippen LogP contribution in [0.4, 0.5) is 5.69 Å². The molecule has 1 atom stereocenters. The Morgan fingerprint density at radius 3 is 2.42 bits per heavy atom. The summed E-state index contributed by atoms with van der Waals surface area (Å²) in [5.74, 6) is 0.0233. The number of hydrogen-bond donors (Lipinski definition) is 2. The maximum atomic E-state index is 12.5. The summed E-state index contributed by atoms with van der Waals surface area (Å²) in [6, 6.07) is 8.01. The number of rotatable bonds is 6. The van der Waals surface area contributed by atoms with Crippen molar-refractivity contribution >= 4 is 44.8 Å². The Hall–Kier alpha value is -1.80. The first-order valence-corrected chi connectivity index (χ1v) is 9.81. The maximum Gasteiger partial charge on any atom is 0.242 e. The minimum atomic E-state index is -3.88. The number of halogens is 2. The number of amides is 1. The van der Waals surface area contributed by atoms with Crippen LogP contribution in [0, 0.1) is 6.92 Å². The van der Waals surface area contributed by atoms with Crippen molar-refractivity contribution in [1.29, 1.82) is 0 Å². The fraction of sp³-hybridized carbons (Fsp3) is 0.235. The predicted molar refractivity (Wildman–Crippen MR) is 103 cm³/mol. The van der Waals surface area contributed by atoms with Crippen molar-refractivity contribution < 1.29 is 17.9 Å². The van der Waals surface area contributed by atoms with E-state index in [1.54, 1.807) is 19.1 Å². The standard InChI is InChI=1S/C17H18Cl2N2O4S/c1-10-8-13(5-7-16(10)25-3)26(23,24)21-11(2)17(22)20-15-6-4-12(18)9-14(15)19/h4-9,11,21H,1-3H3,(H,20,22)/t11-/m0/s1. The summed E-state index contributed by atoms with van der Waals surface area (Å²) in [4.78, 5) is 12.3. The van der Waals surface area contributed by atoms with Gasteiger partial charge >= 0.3 is 0 Å². The van der Waals surface area contributed by atoms with Gasteiger partial charge in [-0.3, -0.25) is 4.79 Å². The number of anilines is 1. The first-order chi connectivity index (χ1) is 12.1. The number of carbonyl (C=O) groups excluding carboxylic acids is 1. The molecule has 6 nitrogen and oxygen atoms in total. The molecular weight excluding hydrogens is 399 g/mol. The fourth-order valence-corrected chi connectivity index (χ4v) is 3.95. The molecule has 0 aromatic heterocycles. The number of benzene rings is 2. The lowest BCUT2D eigenvalue weighted by atomic mass is 10.2. The zero-order chi connectivity index (χ0) is 19.5. The second-order valence-corrected chi connectivity index (χ2v) is 8.15. The highest BCUT2D eigenvalue weighted by Gasteiger charge is 2.23. The number of hydrogen-bond acceptors (Lipinski definition) is 4. The van der Waals surface area contributed by atoms with Crippen LogP contribution in [-0.4, -0.2) is 27.5 Å². The van der Waals surface area contributed by atoms with E-state index >= 15 is 0 Å². The summed E-state index contributed by atoms with van der Waals surface area (Å²) in [5, 5.41) is 3.25. The summed E-state index contributed by atoms with van der Waals surface area (Å²) >= 11 is 11.8. The SMILES string of the molecule is COc1ccc(S(=O)(=O)N[C@@H](C)C(=O)Nc2ccc(Cl)cc2Cl)cc1C. The molecule has 1 amide bonds. The molecule has 0 fully saturated rings. The monoisotopic (exact) mass is 416 g/mol. The molecule has 0 bridgehead atoms. The first-order valence-electron chi connectivity index (χ1n) is 7.57. The van der Waals surface area contributed by atoms with Crippen molar-refractivity contribution in [3.8, 4) is 5.75 Å². The molecule has 26 heavy (non-hydrogen) atoms. The van der Waals surface area contributed by atoms with Gasteiger partial charge in [0.15, 0.2) is 0 Å². The van der Waals surface area contributed by atoms with Crippen molar-refractivity contribution in [1.82, 2.24) is 4.72 Å². The molecule has 0 radical (unpaired) electrons. The van der Waals surface area contributed by atoms with Crippen molar-refractivity contribution in [2.24, 2.45) is 0 Å². The number of carbonyl (C=O) groups is 1. The molecule has 0 aliphatic heterocycles. The molecule has 2 aromatic carbocycles. The average Bonchev–Trinajstić information content (AvgIpc) is 2.56. The lowest BCUT2D eigenvalue weighted by Crippen LogP contribution is -2.41. The lowest BCUT2D eigenvalue weighted by Gasteiger charge is -2.16. The van der Waals surface area contributed by atoms with E-state index in [1.807, 2.05) is 0 Å². The van der Waals surface area contributed by atoms with Gasteiger partial charge in [0.25, 0.3) is 0 Å². The normalized spacial score (nSPS) is 12.5. The van der Waals surface area contributed by atoms with Crippen LogP contribution >= 0.6 is 23.2 Å². The highest BCUT2D eigenvalue weighted by molar-refractivity contribution is 7.89. The van der Waals surface area contributed by atoms with Crippen LogP contribution in [0.25, 0.3) is 0 Å². The molecule has 0 saturated carbocycles. The summed E-state index contributed by atoms with van der Waals surface area (Å²) in [5.41, 5.74) is 1.01. The number of aryl methyl sites for hydroxylation is 1. The van der Waals surface area contributed by atoms with Gasteiger partial charge in [0.1, 0.15) is 5.75 Å². The predicted octanol–water partition coefficient (Wildman–Crippen LogP) is 3.62. The average molecular weight is 417 g/mol. The quantitative estimate of drug-likeness (QED) is 0.752. The molecule has 0 saturated heterocycles. The highest BCUT2D eigenvalue weighted by atomic mass is 35.5. The van der Waals surface area contributed by atoms with Gasteiger partial charge in [0.2, 0.25) is 15.9 Å². The second kappa shape index (κ2) is 8.26. The summed E-state index contributed by atoms with van der Waals surface area (Å²) in [6.07, 6.45) is 0. The number of ether oxygens (including phenoxy) is 1. The molecule has 0 aliphatic carbocycles. The molecule has 140 valence electrons. The highest BCUT2D eigenvalue weighted by Crippen LogP contribution is 2.25. The topological polar surface area (TPSA) is 84.5 Å². The van der Waals surface area contributed by atoms with E-state index in [2.05, 4.69) is 10.0 Å². The van der Waals surface area contributed by atoms with Gasteiger partial charge in [-0.2, -0.15) is 4.72 Å². The number of nitrogens with one attached hydrogen (secondary N) is 2. The number of methoxy groups -OCH3 is 1. The van der Waals surface area contributed by atoms with Crippen LogP contribution in [0.5, 0.6) is 5.75 Å². The van der Waals surface area contributed by atoms with Crippen molar-refractivity contribution in [2.45, 2.75) is 24.8 Å². The fourth-order valence-electron chi connectivity index (χ4n) is 2.20. The molecule has 2 aromatic rings. The van der Waals surface area contributed by atoms with Crippen LogP contribution in [0.15, 0.2) is 41.3 Å². The van der Waals surface area contributed by atoms with Gasteiger partial charge in [0, 0.05) is 5.02 Å². The largest absolute Gasteiger partial charge is 0.496 e. The zero-order valence-electron chi connectivity index (χ0n) is 14.3.